The fourth-order valence-electron chi connectivity index (χ4n) is 6.40. The number of anilines is 3. The van der Waals surface area contributed by atoms with Crippen molar-refractivity contribution in [1.29, 1.82) is 5.26 Å². The first-order valence-electron chi connectivity index (χ1n) is 16.4. The maximum atomic E-state index is 13.0. The Kier molecular flexibility index (Phi) is 9.32. The predicted molar refractivity (Wildman–Crippen MR) is 182 cm³/mol. The van der Waals surface area contributed by atoms with Crippen molar-refractivity contribution < 1.29 is 28.7 Å². The first-order chi connectivity index (χ1) is 24.4. The van der Waals surface area contributed by atoms with Gasteiger partial charge in [-0.2, -0.15) is 5.26 Å². The summed E-state index contributed by atoms with van der Waals surface area (Å²) >= 11 is 0. The lowest BCUT2D eigenvalue weighted by Crippen LogP contribution is -2.54. The van der Waals surface area contributed by atoms with Crippen LogP contribution in [0.5, 0.6) is 5.75 Å². The van der Waals surface area contributed by atoms with Crippen molar-refractivity contribution in [2.75, 3.05) is 62.8 Å². The number of fused-ring (bicyclic) bond motifs is 2. The molecule has 2 fully saturated rings. The number of hydrogen-bond donors (Lipinski definition) is 2. The monoisotopic (exact) mass is 674 g/mol. The van der Waals surface area contributed by atoms with Gasteiger partial charge >= 0.3 is 0 Å². The van der Waals surface area contributed by atoms with Gasteiger partial charge in [-0.25, -0.2) is 9.97 Å². The van der Waals surface area contributed by atoms with E-state index in [2.05, 4.69) is 48.6 Å². The van der Waals surface area contributed by atoms with Gasteiger partial charge in [-0.1, -0.05) is 0 Å². The van der Waals surface area contributed by atoms with E-state index in [1.165, 1.54) is 18.5 Å². The number of nitrogens with zero attached hydrogens (tertiary/aromatic N) is 6. The van der Waals surface area contributed by atoms with E-state index in [9.17, 15) is 24.4 Å². The number of benzene rings is 3. The molecule has 0 aliphatic carbocycles. The number of aromatic nitrogens is 2. The van der Waals surface area contributed by atoms with E-state index in [1.54, 1.807) is 18.2 Å². The minimum atomic E-state index is -1.00. The lowest BCUT2D eigenvalue weighted by molar-refractivity contribution is -0.136. The van der Waals surface area contributed by atoms with Crippen LogP contribution in [0.4, 0.5) is 17.2 Å². The number of carbonyl (C=O) groups is 4. The molecule has 14 heteroatoms. The van der Waals surface area contributed by atoms with Gasteiger partial charge in [0, 0.05) is 55.9 Å². The van der Waals surface area contributed by atoms with Crippen LogP contribution in [0, 0.1) is 11.3 Å². The van der Waals surface area contributed by atoms with Gasteiger partial charge in [0.2, 0.25) is 11.8 Å². The molecule has 3 aliphatic heterocycles. The Hall–Kier alpha value is -5.91. The molecule has 2 saturated heterocycles. The van der Waals surface area contributed by atoms with Crippen molar-refractivity contribution in [3.8, 4) is 11.8 Å². The molecule has 50 heavy (non-hydrogen) atoms. The van der Waals surface area contributed by atoms with Crippen LogP contribution in [0.25, 0.3) is 10.9 Å². The summed E-state index contributed by atoms with van der Waals surface area (Å²) in [6.07, 6.45) is 1.69. The highest BCUT2D eigenvalue weighted by molar-refractivity contribution is 6.23. The van der Waals surface area contributed by atoms with Gasteiger partial charge in [-0.3, -0.25) is 34.3 Å². The van der Waals surface area contributed by atoms with Crippen LogP contribution >= 0.6 is 0 Å². The minimum Gasteiger partial charge on any atom is -0.491 e. The van der Waals surface area contributed by atoms with E-state index in [1.807, 2.05) is 18.2 Å². The van der Waals surface area contributed by atoms with E-state index in [4.69, 9.17) is 9.47 Å². The summed E-state index contributed by atoms with van der Waals surface area (Å²) in [7, 11) is 0. The Bertz CT molecular complexity index is 2000. The summed E-state index contributed by atoms with van der Waals surface area (Å²) in [6.45, 7) is 5.57. The molecule has 1 atom stereocenters. The number of imide groups is 2. The zero-order valence-electron chi connectivity index (χ0n) is 27.1. The zero-order valence-corrected chi connectivity index (χ0v) is 27.1. The van der Waals surface area contributed by atoms with Gasteiger partial charge in [0.05, 0.1) is 41.5 Å². The lowest BCUT2D eigenvalue weighted by atomic mass is 10.0. The molecule has 1 aromatic heterocycles. The zero-order chi connectivity index (χ0) is 34.6. The molecule has 0 radical (unpaired) electrons. The summed E-state index contributed by atoms with van der Waals surface area (Å²) in [6, 6.07) is 19.4. The maximum Gasteiger partial charge on any atom is 0.262 e. The summed E-state index contributed by atoms with van der Waals surface area (Å²) in [5, 5.41) is 15.6. The molecule has 4 heterocycles. The number of piperazine rings is 1. The first-order valence-corrected chi connectivity index (χ1v) is 16.4. The number of ether oxygens (including phenoxy) is 2. The van der Waals surface area contributed by atoms with Crippen LogP contribution in [0.3, 0.4) is 0 Å². The first kappa shape index (κ1) is 32.6. The Morgan fingerprint density at radius 1 is 0.880 bits per heavy atom. The molecule has 1 unspecified atom stereocenters. The Morgan fingerprint density at radius 2 is 1.68 bits per heavy atom. The summed E-state index contributed by atoms with van der Waals surface area (Å²) < 4.78 is 11.6. The molecular weight excluding hydrogens is 640 g/mol. The molecule has 14 nitrogen and oxygen atoms in total. The standard InChI is InChI=1S/C36H34N8O6/c37-21-23-1-8-30-29(19-23)33(39-22-38-30)40-24-2-4-25(5-3-24)43-13-11-42(12-14-43)15-16-49-17-18-50-26-6-7-27-28(20-26)36(48)44(35(27)47)31-9-10-32(45)41-34(31)46/h1-8,19-20,22,31H,9-18H2,(H,38,39,40)(H,41,45,46). The van der Waals surface area contributed by atoms with E-state index in [-0.39, 0.29) is 30.6 Å². The van der Waals surface area contributed by atoms with Crippen molar-refractivity contribution in [2.45, 2.75) is 18.9 Å². The van der Waals surface area contributed by atoms with Gasteiger partial charge < -0.3 is 19.7 Å². The highest BCUT2D eigenvalue weighted by atomic mass is 16.5. The second kappa shape index (κ2) is 14.3. The molecule has 254 valence electrons. The average molecular weight is 675 g/mol. The average Bonchev–Trinajstić information content (AvgIpc) is 3.38. The number of nitrogens with one attached hydrogen (secondary N) is 2. The fourth-order valence-corrected chi connectivity index (χ4v) is 6.40. The molecule has 4 aromatic rings. The minimum absolute atomic E-state index is 0.0693. The number of carbonyl (C=O) groups excluding carboxylic acids is 4. The van der Waals surface area contributed by atoms with Crippen LogP contribution in [-0.2, 0) is 14.3 Å². The summed E-state index contributed by atoms with van der Waals surface area (Å²) in [5.74, 6) is -1.10. The quantitative estimate of drug-likeness (QED) is 0.177. The van der Waals surface area contributed by atoms with Gasteiger partial charge in [-0.15, -0.1) is 0 Å². The number of piperidine rings is 1. The second-order valence-electron chi connectivity index (χ2n) is 12.2. The molecule has 3 aliphatic rings. The molecular formula is C36H34N8O6. The van der Waals surface area contributed by atoms with Crippen molar-refractivity contribution >= 4 is 51.7 Å². The molecule has 7 rings (SSSR count). The Balaban J connectivity index is 0.820. The maximum absolute atomic E-state index is 13.0. The van der Waals surface area contributed by atoms with Crippen LogP contribution in [0.15, 0.2) is 67.0 Å². The summed E-state index contributed by atoms with van der Waals surface area (Å²) in [5.41, 5.74) is 3.75. The topological polar surface area (TPSA) is 170 Å². The highest BCUT2D eigenvalue weighted by Crippen LogP contribution is 2.30. The number of amides is 4. The Labute approximate surface area is 287 Å². The van der Waals surface area contributed by atoms with Crippen LogP contribution in [0.1, 0.15) is 39.1 Å². The van der Waals surface area contributed by atoms with Gasteiger partial charge in [-0.05, 0) is 67.1 Å². The lowest BCUT2D eigenvalue weighted by Gasteiger charge is -2.36. The van der Waals surface area contributed by atoms with E-state index < -0.39 is 29.7 Å². The summed E-state index contributed by atoms with van der Waals surface area (Å²) in [4.78, 5) is 64.0. The van der Waals surface area contributed by atoms with E-state index in [0.717, 1.165) is 59.9 Å². The highest BCUT2D eigenvalue weighted by Gasteiger charge is 2.44. The smallest absolute Gasteiger partial charge is 0.262 e. The van der Waals surface area contributed by atoms with Crippen molar-refractivity contribution in [3.63, 3.8) is 0 Å². The van der Waals surface area contributed by atoms with Crippen molar-refractivity contribution in [2.24, 2.45) is 0 Å². The third-order valence-corrected chi connectivity index (χ3v) is 9.09. The van der Waals surface area contributed by atoms with Gasteiger partial charge in [0.25, 0.3) is 11.8 Å². The largest absolute Gasteiger partial charge is 0.491 e. The third kappa shape index (κ3) is 6.82. The Morgan fingerprint density at radius 3 is 2.46 bits per heavy atom. The van der Waals surface area contributed by atoms with Crippen LogP contribution in [-0.4, -0.2) is 102 Å². The molecule has 2 N–H and O–H groups in total. The van der Waals surface area contributed by atoms with E-state index in [0.29, 0.717) is 30.3 Å². The van der Waals surface area contributed by atoms with Crippen LogP contribution < -0.4 is 20.3 Å². The molecule has 0 spiro atoms. The molecule has 0 saturated carbocycles. The van der Waals surface area contributed by atoms with Gasteiger partial charge in [0.15, 0.2) is 0 Å². The normalized spacial score (nSPS) is 17.9. The predicted octanol–water partition coefficient (Wildman–Crippen LogP) is 2.86. The third-order valence-electron chi connectivity index (χ3n) is 9.09. The van der Waals surface area contributed by atoms with E-state index >= 15 is 0 Å². The molecule has 4 amide bonds. The number of rotatable bonds is 11. The fraction of sp³-hybridized carbons (Fsp3) is 0.306. The van der Waals surface area contributed by atoms with Crippen molar-refractivity contribution in [1.82, 2.24) is 25.1 Å². The molecule has 0 bridgehead atoms. The van der Waals surface area contributed by atoms with Crippen molar-refractivity contribution in [3.05, 3.63) is 83.7 Å². The number of nitriles is 1. The van der Waals surface area contributed by atoms with Gasteiger partial charge in [0.1, 0.15) is 30.5 Å². The van der Waals surface area contributed by atoms with Crippen LogP contribution in [0.2, 0.25) is 0 Å². The second-order valence-corrected chi connectivity index (χ2v) is 12.2. The molecule has 3 aromatic carbocycles. The number of hydrogen-bond acceptors (Lipinski definition) is 12. The SMILES string of the molecule is N#Cc1ccc2ncnc(Nc3ccc(N4CCN(CCOCCOc5ccc6c(c5)C(=O)N(C5CCC(=O)NC5=O)C6=O)CC4)cc3)c2c1.